The van der Waals surface area contributed by atoms with Crippen molar-refractivity contribution in [2.75, 3.05) is 0 Å². The summed E-state index contributed by atoms with van der Waals surface area (Å²) in [5, 5.41) is 20.3. The minimum Gasteiger partial charge on any atom is -0.508 e. The fourth-order valence-electron chi connectivity index (χ4n) is 3.92. The van der Waals surface area contributed by atoms with Crippen LogP contribution < -0.4 is 0 Å². The predicted octanol–water partition coefficient (Wildman–Crippen LogP) is 4.81. The molecule has 1 aliphatic rings. The molecule has 0 unspecified atom stereocenters. The smallest absolute Gasteiger partial charge is 0.226 e. The summed E-state index contributed by atoms with van der Waals surface area (Å²) in [7, 11) is 0. The first kappa shape index (κ1) is 20.0. The van der Waals surface area contributed by atoms with E-state index in [2.05, 4.69) is 0 Å². The first-order valence-corrected chi connectivity index (χ1v) is 9.71. The molecule has 154 valence electrons. The van der Waals surface area contributed by atoms with Crippen LogP contribution in [0.4, 0.5) is 8.78 Å². The van der Waals surface area contributed by atoms with Crippen molar-refractivity contribution in [3.05, 3.63) is 101 Å². The van der Waals surface area contributed by atoms with Gasteiger partial charge in [0.15, 0.2) is 0 Å². The van der Waals surface area contributed by atoms with Crippen LogP contribution in [0.2, 0.25) is 0 Å². The Kier molecular flexibility index (Phi) is 5.50. The summed E-state index contributed by atoms with van der Waals surface area (Å²) in [6.07, 6.45) is -0.443. The summed E-state index contributed by atoms with van der Waals surface area (Å²) in [5.74, 6) is -0.723. The van der Waals surface area contributed by atoms with Crippen molar-refractivity contribution in [1.82, 2.24) is 4.90 Å². The van der Waals surface area contributed by atoms with Gasteiger partial charge in [0.1, 0.15) is 17.4 Å². The van der Waals surface area contributed by atoms with E-state index in [-0.39, 0.29) is 29.9 Å². The highest BCUT2D eigenvalue weighted by Crippen LogP contribution is 2.44. The third-order valence-electron chi connectivity index (χ3n) is 5.56. The van der Waals surface area contributed by atoms with E-state index in [1.807, 2.05) is 0 Å². The molecule has 0 saturated carbocycles. The molecule has 1 heterocycles. The average Bonchev–Trinajstić information content (AvgIpc) is 2.73. The molecule has 0 aliphatic carbocycles. The fraction of sp³-hybridized carbons (Fsp3) is 0.208. The topological polar surface area (TPSA) is 60.8 Å². The summed E-state index contributed by atoms with van der Waals surface area (Å²) in [6.45, 7) is 0. The number of phenolic OH excluding ortho intramolecular Hbond substituents is 1. The van der Waals surface area contributed by atoms with Gasteiger partial charge in [-0.25, -0.2) is 8.78 Å². The van der Waals surface area contributed by atoms with Crippen LogP contribution in [0.5, 0.6) is 5.75 Å². The quantitative estimate of drug-likeness (QED) is 0.575. The van der Waals surface area contributed by atoms with Crippen LogP contribution in [-0.4, -0.2) is 21.0 Å². The van der Waals surface area contributed by atoms with E-state index in [0.717, 1.165) is 5.56 Å². The van der Waals surface area contributed by atoms with Gasteiger partial charge in [0, 0.05) is 6.42 Å². The summed E-state index contributed by atoms with van der Waals surface area (Å²) < 4.78 is 26.7. The van der Waals surface area contributed by atoms with Gasteiger partial charge in [-0.05, 0) is 53.1 Å². The number of rotatable bonds is 6. The predicted molar refractivity (Wildman–Crippen MR) is 107 cm³/mol. The molecule has 4 nitrogen and oxygen atoms in total. The molecule has 0 spiro atoms. The van der Waals surface area contributed by atoms with Crippen LogP contribution in [0, 0.1) is 11.6 Å². The molecular weight excluding hydrogens is 388 g/mol. The molecule has 3 aromatic carbocycles. The zero-order valence-corrected chi connectivity index (χ0v) is 16.1. The third-order valence-corrected chi connectivity index (χ3v) is 5.56. The lowest BCUT2D eigenvalue weighted by Gasteiger charge is -2.46. The Morgan fingerprint density at radius 3 is 1.93 bits per heavy atom. The number of halogens is 2. The number of β-lactam (4-membered cyclic amide) rings is 1. The normalized spacial score (nSPS) is 18.0. The van der Waals surface area contributed by atoms with Gasteiger partial charge in [0.05, 0.1) is 24.6 Å². The average molecular weight is 409 g/mol. The van der Waals surface area contributed by atoms with E-state index in [1.54, 1.807) is 41.3 Å². The third kappa shape index (κ3) is 4.04. The molecule has 1 amide bonds. The van der Waals surface area contributed by atoms with Crippen LogP contribution in [0.15, 0.2) is 72.8 Å². The van der Waals surface area contributed by atoms with Gasteiger partial charge in [0.25, 0.3) is 0 Å². The van der Waals surface area contributed by atoms with Crippen LogP contribution >= 0.6 is 0 Å². The van der Waals surface area contributed by atoms with Crippen LogP contribution in [0.3, 0.4) is 0 Å². The van der Waals surface area contributed by atoms with Crippen molar-refractivity contribution in [3.8, 4) is 5.75 Å². The highest BCUT2D eigenvalue weighted by Gasteiger charge is 2.42. The van der Waals surface area contributed by atoms with E-state index in [0.29, 0.717) is 17.5 Å². The zero-order chi connectivity index (χ0) is 21.3. The maximum atomic E-state index is 13.5. The van der Waals surface area contributed by atoms with E-state index in [1.165, 1.54) is 36.4 Å². The highest BCUT2D eigenvalue weighted by atomic mass is 19.1. The second-order valence-corrected chi connectivity index (χ2v) is 7.48. The Balaban J connectivity index is 1.65. The molecule has 0 bridgehead atoms. The Bertz CT molecular complexity index is 1020. The van der Waals surface area contributed by atoms with E-state index in [4.69, 9.17) is 0 Å². The number of benzene rings is 3. The molecule has 4 rings (SSSR count). The van der Waals surface area contributed by atoms with Gasteiger partial charge in [-0.1, -0.05) is 36.4 Å². The summed E-state index contributed by atoms with van der Waals surface area (Å²) >= 11 is 0. The van der Waals surface area contributed by atoms with Gasteiger partial charge in [-0.2, -0.15) is 0 Å². The SMILES string of the molecule is O=C1C[C@@H](c2ccc(O)cc2)N1[C@@H](C[C@@H](O)c1ccc(F)cc1)c1ccc(F)cc1. The molecular formula is C24H21F2NO3. The number of hydrogen-bond acceptors (Lipinski definition) is 3. The lowest BCUT2D eigenvalue weighted by atomic mass is 9.86. The molecule has 0 radical (unpaired) electrons. The number of carbonyl (C=O) groups is 1. The Labute approximate surface area is 173 Å². The summed E-state index contributed by atoms with van der Waals surface area (Å²) in [5.41, 5.74) is 2.11. The molecule has 30 heavy (non-hydrogen) atoms. The number of aliphatic hydroxyl groups is 1. The highest BCUT2D eigenvalue weighted by molar-refractivity contribution is 5.84. The molecule has 1 fully saturated rings. The van der Waals surface area contributed by atoms with Crippen molar-refractivity contribution in [2.45, 2.75) is 31.0 Å². The monoisotopic (exact) mass is 409 g/mol. The molecule has 1 saturated heterocycles. The molecule has 3 atom stereocenters. The number of carbonyl (C=O) groups excluding carboxylic acids is 1. The van der Waals surface area contributed by atoms with Gasteiger partial charge in [-0.3, -0.25) is 4.79 Å². The minimum absolute atomic E-state index is 0.0753. The van der Waals surface area contributed by atoms with Crippen molar-refractivity contribution in [1.29, 1.82) is 0 Å². The van der Waals surface area contributed by atoms with Crippen LogP contribution in [-0.2, 0) is 4.79 Å². The number of aliphatic hydroxyl groups excluding tert-OH is 1. The summed E-state index contributed by atoms with van der Waals surface area (Å²) in [6, 6.07) is 17.4. The summed E-state index contributed by atoms with van der Waals surface area (Å²) in [4.78, 5) is 14.3. The second-order valence-electron chi connectivity index (χ2n) is 7.48. The van der Waals surface area contributed by atoms with E-state index < -0.39 is 18.0 Å². The first-order valence-electron chi connectivity index (χ1n) is 9.71. The minimum atomic E-state index is -0.936. The number of hydrogen-bond donors (Lipinski definition) is 2. The fourth-order valence-corrected chi connectivity index (χ4v) is 3.92. The van der Waals surface area contributed by atoms with E-state index in [9.17, 15) is 23.8 Å². The maximum absolute atomic E-state index is 13.5. The number of phenols is 1. The van der Waals surface area contributed by atoms with Crippen LogP contribution in [0.25, 0.3) is 0 Å². The van der Waals surface area contributed by atoms with E-state index >= 15 is 0 Å². The number of aromatic hydroxyl groups is 1. The van der Waals surface area contributed by atoms with Gasteiger partial charge >= 0.3 is 0 Å². The van der Waals surface area contributed by atoms with Gasteiger partial charge in [0.2, 0.25) is 5.91 Å². The van der Waals surface area contributed by atoms with Crippen molar-refractivity contribution < 1.29 is 23.8 Å². The zero-order valence-electron chi connectivity index (χ0n) is 16.1. The Hall–Kier alpha value is -3.25. The molecule has 3 aromatic rings. The molecule has 6 heteroatoms. The standard InChI is InChI=1S/C24H21F2NO3/c25-18-7-1-15(2-8-18)21(13-23(29)17-3-9-19(26)10-4-17)27-22(14-24(27)30)16-5-11-20(28)12-6-16/h1-12,21-23,28-29H,13-14H2/t21-,22-,23+/m0/s1. The Morgan fingerprint density at radius 1 is 0.867 bits per heavy atom. The maximum Gasteiger partial charge on any atom is 0.226 e. The molecule has 1 aliphatic heterocycles. The van der Waals surface area contributed by atoms with Crippen LogP contribution in [0.1, 0.15) is 47.7 Å². The lowest BCUT2D eigenvalue weighted by Crippen LogP contribution is -2.48. The molecule has 2 N–H and O–H groups in total. The lowest BCUT2D eigenvalue weighted by molar-refractivity contribution is -0.152. The first-order chi connectivity index (χ1) is 14.4. The van der Waals surface area contributed by atoms with Crippen molar-refractivity contribution >= 4 is 5.91 Å². The van der Waals surface area contributed by atoms with Gasteiger partial charge in [-0.15, -0.1) is 0 Å². The molecule has 0 aromatic heterocycles. The van der Waals surface area contributed by atoms with Crippen molar-refractivity contribution in [2.24, 2.45) is 0 Å². The largest absolute Gasteiger partial charge is 0.508 e. The Morgan fingerprint density at radius 2 is 1.40 bits per heavy atom. The van der Waals surface area contributed by atoms with Crippen molar-refractivity contribution in [3.63, 3.8) is 0 Å². The number of nitrogens with zero attached hydrogens (tertiary/aromatic N) is 1. The second kappa shape index (κ2) is 8.24. The van der Waals surface area contributed by atoms with Gasteiger partial charge < -0.3 is 15.1 Å². The number of amides is 1. The number of likely N-dealkylation sites (tertiary alicyclic amines) is 1.